The van der Waals surface area contributed by atoms with Crippen LogP contribution in [0.3, 0.4) is 0 Å². The zero-order chi connectivity index (χ0) is 20.9. The third kappa shape index (κ3) is 4.43. The van der Waals surface area contributed by atoms with Crippen molar-refractivity contribution in [3.05, 3.63) is 66.0 Å². The maximum absolute atomic E-state index is 12.6. The van der Waals surface area contributed by atoms with E-state index in [-0.39, 0.29) is 11.8 Å². The summed E-state index contributed by atoms with van der Waals surface area (Å²) in [6.45, 7) is 3.26. The second-order valence-electron chi connectivity index (χ2n) is 6.78. The van der Waals surface area contributed by atoms with Gasteiger partial charge in [0.1, 0.15) is 13.2 Å². The summed E-state index contributed by atoms with van der Waals surface area (Å²) < 4.78 is 12.7. The maximum Gasteiger partial charge on any atom is 0.255 e. The molecule has 8 nitrogen and oxygen atoms in total. The molecular weight excluding hydrogens is 384 g/mol. The Morgan fingerprint density at radius 3 is 2.60 bits per heavy atom. The molecule has 154 valence electrons. The van der Waals surface area contributed by atoms with E-state index in [2.05, 4.69) is 15.7 Å². The molecule has 0 radical (unpaired) electrons. The van der Waals surface area contributed by atoms with E-state index in [1.165, 1.54) is 0 Å². The Bertz CT molecular complexity index is 1060. The predicted molar refractivity (Wildman–Crippen MR) is 111 cm³/mol. The Labute approximate surface area is 173 Å². The number of carbonyl (C=O) groups excluding carboxylic acids is 2. The van der Waals surface area contributed by atoms with Crippen molar-refractivity contribution in [1.29, 1.82) is 0 Å². The third-order valence-corrected chi connectivity index (χ3v) is 4.64. The molecular formula is C22H22N4O4. The van der Waals surface area contributed by atoms with Crippen molar-refractivity contribution >= 4 is 17.5 Å². The largest absolute Gasteiger partial charge is 0.486 e. The van der Waals surface area contributed by atoms with Crippen molar-refractivity contribution in [3.8, 4) is 17.2 Å². The molecule has 30 heavy (non-hydrogen) atoms. The number of aromatic nitrogens is 2. The van der Waals surface area contributed by atoms with Gasteiger partial charge in [0.05, 0.1) is 11.9 Å². The number of hydrogen-bond acceptors (Lipinski definition) is 5. The molecule has 0 atom stereocenters. The summed E-state index contributed by atoms with van der Waals surface area (Å²) in [6.07, 6.45) is 4.00. The summed E-state index contributed by atoms with van der Waals surface area (Å²) >= 11 is 0. The molecule has 3 aromatic rings. The fourth-order valence-corrected chi connectivity index (χ4v) is 3.01. The van der Waals surface area contributed by atoms with Crippen LogP contribution in [0, 0.1) is 0 Å². The van der Waals surface area contributed by atoms with E-state index in [9.17, 15) is 9.59 Å². The van der Waals surface area contributed by atoms with Crippen LogP contribution in [0.2, 0.25) is 0 Å². The van der Waals surface area contributed by atoms with Crippen LogP contribution >= 0.6 is 0 Å². The highest BCUT2D eigenvalue weighted by Crippen LogP contribution is 2.32. The summed E-state index contributed by atoms with van der Waals surface area (Å²) in [5, 5.41) is 10.00. The van der Waals surface area contributed by atoms with Gasteiger partial charge in [0.2, 0.25) is 5.91 Å². The first-order chi connectivity index (χ1) is 14.6. The molecule has 2 heterocycles. The molecule has 0 saturated carbocycles. The summed E-state index contributed by atoms with van der Waals surface area (Å²) in [5.41, 5.74) is 2.88. The van der Waals surface area contributed by atoms with E-state index >= 15 is 0 Å². The first-order valence-electron chi connectivity index (χ1n) is 9.74. The van der Waals surface area contributed by atoms with Crippen LogP contribution in [0.15, 0.2) is 54.9 Å². The number of anilines is 1. The van der Waals surface area contributed by atoms with Crippen LogP contribution in [-0.2, 0) is 11.3 Å². The molecule has 0 aliphatic carbocycles. The van der Waals surface area contributed by atoms with Crippen molar-refractivity contribution in [2.24, 2.45) is 0 Å². The summed E-state index contributed by atoms with van der Waals surface area (Å²) in [4.78, 5) is 23.9. The summed E-state index contributed by atoms with van der Waals surface area (Å²) in [7, 11) is 0. The Morgan fingerprint density at radius 1 is 1.07 bits per heavy atom. The number of nitrogens with one attached hydrogen (secondary N) is 2. The van der Waals surface area contributed by atoms with Gasteiger partial charge >= 0.3 is 0 Å². The number of ether oxygens (including phenoxy) is 2. The molecule has 2 amide bonds. The molecule has 1 aromatic heterocycles. The van der Waals surface area contributed by atoms with E-state index in [0.717, 1.165) is 11.3 Å². The second-order valence-corrected chi connectivity index (χ2v) is 6.78. The lowest BCUT2D eigenvalue weighted by Gasteiger charge is -2.19. The fraction of sp³-hybridized carbons (Fsp3) is 0.227. The molecule has 0 spiro atoms. The number of rotatable bonds is 6. The van der Waals surface area contributed by atoms with E-state index in [0.29, 0.717) is 48.9 Å². The van der Waals surface area contributed by atoms with E-state index < -0.39 is 0 Å². The third-order valence-electron chi connectivity index (χ3n) is 4.64. The Morgan fingerprint density at radius 2 is 1.83 bits per heavy atom. The van der Waals surface area contributed by atoms with Crippen molar-refractivity contribution in [3.63, 3.8) is 0 Å². The van der Waals surface area contributed by atoms with Gasteiger partial charge in [-0.2, -0.15) is 5.10 Å². The predicted octanol–water partition coefficient (Wildman–Crippen LogP) is 2.92. The number of fused-ring (bicyclic) bond motifs is 1. The van der Waals surface area contributed by atoms with Gasteiger partial charge in [0.15, 0.2) is 11.5 Å². The van der Waals surface area contributed by atoms with Crippen molar-refractivity contribution in [1.82, 2.24) is 15.1 Å². The molecule has 4 rings (SSSR count). The maximum atomic E-state index is 12.6. The number of hydrogen-bond donors (Lipinski definition) is 2. The van der Waals surface area contributed by atoms with Gasteiger partial charge < -0.3 is 20.1 Å². The number of carbonyl (C=O) groups is 2. The van der Waals surface area contributed by atoms with Crippen LogP contribution in [0.4, 0.5) is 5.69 Å². The number of benzene rings is 2. The average Bonchev–Trinajstić information content (AvgIpc) is 3.26. The zero-order valence-electron chi connectivity index (χ0n) is 16.6. The first-order valence-corrected chi connectivity index (χ1v) is 9.74. The normalized spacial score (nSPS) is 12.3. The van der Waals surface area contributed by atoms with Crippen LogP contribution in [0.25, 0.3) is 5.69 Å². The topological polar surface area (TPSA) is 94.5 Å². The van der Waals surface area contributed by atoms with Gasteiger partial charge in [-0.1, -0.05) is 6.92 Å². The quantitative estimate of drug-likeness (QED) is 0.656. The highest BCUT2D eigenvalue weighted by molar-refractivity contribution is 6.04. The number of nitrogens with zero attached hydrogens (tertiary/aromatic N) is 2. The average molecular weight is 406 g/mol. The molecule has 0 unspecified atom stereocenters. The second kappa shape index (κ2) is 8.69. The van der Waals surface area contributed by atoms with Gasteiger partial charge in [0.25, 0.3) is 5.91 Å². The molecule has 8 heteroatoms. The highest BCUT2D eigenvalue weighted by atomic mass is 16.6. The van der Waals surface area contributed by atoms with Crippen LogP contribution in [-0.4, -0.2) is 34.8 Å². The van der Waals surface area contributed by atoms with Gasteiger partial charge in [-0.25, -0.2) is 4.68 Å². The molecule has 0 fully saturated rings. The summed E-state index contributed by atoms with van der Waals surface area (Å²) in [5.74, 6) is 1.08. The van der Waals surface area contributed by atoms with Gasteiger partial charge in [0, 0.05) is 42.0 Å². The lowest BCUT2D eigenvalue weighted by atomic mass is 10.2. The Kier molecular flexibility index (Phi) is 5.65. The Hall–Kier alpha value is -3.81. The zero-order valence-corrected chi connectivity index (χ0v) is 16.6. The van der Waals surface area contributed by atoms with Gasteiger partial charge in [-0.15, -0.1) is 0 Å². The van der Waals surface area contributed by atoms with Crippen molar-refractivity contribution < 1.29 is 19.1 Å². The van der Waals surface area contributed by atoms with Gasteiger partial charge in [-0.3, -0.25) is 9.59 Å². The first kappa shape index (κ1) is 19.5. The van der Waals surface area contributed by atoms with Crippen molar-refractivity contribution in [2.45, 2.75) is 19.9 Å². The minimum absolute atomic E-state index is 0.00358. The Balaban J connectivity index is 1.40. The van der Waals surface area contributed by atoms with Crippen LogP contribution in [0.1, 0.15) is 29.3 Å². The summed E-state index contributed by atoms with van der Waals surface area (Å²) in [6, 6.07) is 12.4. The van der Waals surface area contributed by atoms with Crippen LogP contribution < -0.4 is 20.1 Å². The van der Waals surface area contributed by atoms with E-state index in [1.54, 1.807) is 41.2 Å². The van der Waals surface area contributed by atoms with Crippen LogP contribution in [0.5, 0.6) is 11.5 Å². The monoisotopic (exact) mass is 406 g/mol. The smallest absolute Gasteiger partial charge is 0.255 e. The minimum Gasteiger partial charge on any atom is -0.486 e. The standard InChI is InChI=1S/C22H22N4O4/c1-2-21(27)23-12-15-13-24-26(14-15)18-6-3-16(4-7-18)22(28)25-17-5-8-19-20(11-17)30-10-9-29-19/h3-8,11,13-14H,2,9-10,12H2,1H3,(H,23,27)(H,25,28). The number of amides is 2. The SMILES string of the molecule is CCC(=O)NCc1cnn(-c2ccc(C(=O)Nc3ccc4c(c3)OCCO4)cc2)c1. The molecule has 0 bridgehead atoms. The van der Waals surface area contributed by atoms with Gasteiger partial charge in [-0.05, 0) is 36.4 Å². The van der Waals surface area contributed by atoms with E-state index in [1.807, 2.05) is 25.3 Å². The molecule has 2 N–H and O–H groups in total. The lowest BCUT2D eigenvalue weighted by molar-refractivity contribution is -0.120. The van der Waals surface area contributed by atoms with Crippen molar-refractivity contribution in [2.75, 3.05) is 18.5 Å². The lowest BCUT2D eigenvalue weighted by Crippen LogP contribution is -2.21. The van der Waals surface area contributed by atoms with E-state index in [4.69, 9.17) is 9.47 Å². The fourth-order valence-electron chi connectivity index (χ4n) is 3.01. The minimum atomic E-state index is -0.221. The molecule has 1 aliphatic rings. The highest BCUT2D eigenvalue weighted by Gasteiger charge is 2.13. The molecule has 0 saturated heterocycles. The molecule has 2 aromatic carbocycles. The molecule has 1 aliphatic heterocycles.